The normalized spacial score (nSPS) is 12.7. The number of rotatable bonds is 7. The number of nitriles is 1. The predicted octanol–water partition coefficient (Wildman–Crippen LogP) is 4.55. The van der Waals surface area contributed by atoms with Crippen molar-refractivity contribution >= 4 is 12.1 Å². The molecule has 0 spiro atoms. The Bertz CT molecular complexity index is 1110. The van der Waals surface area contributed by atoms with Gasteiger partial charge in [-0.3, -0.25) is 0 Å². The fourth-order valence-corrected chi connectivity index (χ4v) is 3.90. The summed E-state index contributed by atoms with van der Waals surface area (Å²) in [5.74, 6) is -0.767. The van der Waals surface area contributed by atoms with Gasteiger partial charge in [0.15, 0.2) is 0 Å². The Labute approximate surface area is 186 Å². The highest BCUT2D eigenvalue weighted by atomic mass is 16.6. The molecule has 3 aromatic carbocycles. The number of hydrogen-bond donors (Lipinski definition) is 1. The molecular weight excluding hydrogens is 404 g/mol. The molecule has 6 heteroatoms. The second-order valence-electron chi connectivity index (χ2n) is 7.48. The summed E-state index contributed by atoms with van der Waals surface area (Å²) < 4.78 is 10.7. The molecule has 0 saturated carbocycles. The van der Waals surface area contributed by atoms with Gasteiger partial charge in [-0.2, -0.15) is 5.26 Å². The highest BCUT2D eigenvalue weighted by Gasteiger charge is 2.30. The summed E-state index contributed by atoms with van der Waals surface area (Å²) in [5.41, 5.74) is 5.26. The van der Waals surface area contributed by atoms with Gasteiger partial charge in [-0.05, 0) is 27.8 Å². The first-order valence-electron chi connectivity index (χ1n) is 10.4. The number of fused-ring (bicyclic) bond motifs is 3. The molecule has 0 aliphatic heterocycles. The van der Waals surface area contributed by atoms with E-state index in [9.17, 15) is 9.59 Å². The summed E-state index contributed by atoms with van der Waals surface area (Å²) >= 11 is 0. The number of esters is 1. The van der Waals surface area contributed by atoms with Crippen LogP contribution in [0.25, 0.3) is 11.1 Å². The van der Waals surface area contributed by atoms with Gasteiger partial charge in [0, 0.05) is 5.92 Å². The van der Waals surface area contributed by atoms with E-state index < -0.39 is 18.1 Å². The Morgan fingerprint density at radius 2 is 1.47 bits per heavy atom. The molecule has 1 aliphatic carbocycles. The molecule has 6 nitrogen and oxygen atoms in total. The zero-order valence-electron chi connectivity index (χ0n) is 17.4. The van der Waals surface area contributed by atoms with Crippen LogP contribution in [0.2, 0.25) is 0 Å². The fourth-order valence-electron chi connectivity index (χ4n) is 3.90. The van der Waals surface area contributed by atoms with Gasteiger partial charge in [0.1, 0.15) is 19.3 Å². The van der Waals surface area contributed by atoms with Gasteiger partial charge in [0.05, 0.1) is 12.5 Å². The molecule has 160 valence electrons. The van der Waals surface area contributed by atoms with E-state index in [-0.39, 0.29) is 25.6 Å². The molecular formula is C26H22N2O4. The molecule has 0 unspecified atom stereocenters. The summed E-state index contributed by atoms with van der Waals surface area (Å²) in [7, 11) is 0. The zero-order valence-corrected chi connectivity index (χ0v) is 17.4. The van der Waals surface area contributed by atoms with Gasteiger partial charge in [-0.25, -0.2) is 9.59 Å². The summed E-state index contributed by atoms with van der Waals surface area (Å²) in [6, 6.07) is 26.1. The van der Waals surface area contributed by atoms with Crippen LogP contribution in [0.5, 0.6) is 0 Å². The largest absolute Gasteiger partial charge is 0.459 e. The van der Waals surface area contributed by atoms with E-state index in [0.29, 0.717) is 0 Å². The lowest BCUT2D eigenvalue weighted by Crippen LogP contribution is -2.42. The molecule has 1 atom stereocenters. The van der Waals surface area contributed by atoms with Crippen molar-refractivity contribution < 1.29 is 19.1 Å². The lowest BCUT2D eigenvalue weighted by Gasteiger charge is -2.17. The van der Waals surface area contributed by atoms with Crippen LogP contribution in [0.3, 0.4) is 0 Å². The number of nitrogens with zero attached hydrogens (tertiary/aromatic N) is 1. The second kappa shape index (κ2) is 9.80. The molecule has 1 N–H and O–H groups in total. The minimum atomic E-state index is -1.10. The SMILES string of the molecule is N#CC[C@H](NC(=O)OCC1c2ccccc2-c2ccccc21)C(=O)OCc1ccccc1. The predicted molar refractivity (Wildman–Crippen MR) is 118 cm³/mol. The molecule has 0 heterocycles. The van der Waals surface area contributed by atoms with Crippen molar-refractivity contribution in [3.63, 3.8) is 0 Å². The molecule has 1 aliphatic rings. The molecule has 0 saturated heterocycles. The third-order valence-electron chi connectivity index (χ3n) is 5.44. The summed E-state index contributed by atoms with van der Waals surface area (Å²) in [5, 5.41) is 11.5. The molecule has 1 amide bonds. The first-order valence-corrected chi connectivity index (χ1v) is 10.4. The molecule has 3 aromatic rings. The quantitative estimate of drug-likeness (QED) is 0.560. The minimum Gasteiger partial charge on any atom is -0.459 e. The number of hydrogen-bond acceptors (Lipinski definition) is 5. The molecule has 0 fully saturated rings. The maximum absolute atomic E-state index is 12.4. The van der Waals surface area contributed by atoms with Crippen molar-refractivity contribution in [1.82, 2.24) is 5.32 Å². The van der Waals surface area contributed by atoms with Crippen LogP contribution in [0.4, 0.5) is 4.79 Å². The molecule has 4 rings (SSSR count). The van der Waals surface area contributed by atoms with Gasteiger partial charge >= 0.3 is 12.1 Å². The second-order valence-corrected chi connectivity index (χ2v) is 7.48. The standard InChI is InChI=1S/C26H22N2O4/c27-15-14-24(25(29)31-16-18-8-2-1-3-9-18)28-26(30)32-17-23-21-12-6-4-10-19(21)20-11-5-7-13-22(20)23/h1-13,23-24H,14,16-17H2,(H,28,30)/t24-/m0/s1. The van der Waals surface area contributed by atoms with Crippen LogP contribution in [0, 0.1) is 11.3 Å². The van der Waals surface area contributed by atoms with Crippen LogP contribution in [0.15, 0.2) is 78.9 Å². The number of alkyl carbamates (subject to hydrolysis) is 1. The van der Waals surface area contributed by atoms with Crippen molar-refractivity contribution in [2.24, 2.45) is 0 Å². The van der Waals surface area contributed by atoms with Gasteiger partial charge < -0.3 is 14.8 Å². The van der Waals surface area contributed by atoms with E-state index in [1.165, 1.54) is 0 Å². The van der Waals surface area contributed by atoms with Crippen molar-refractivity contribution in [3.8, 4) is 17.2 Å². The maximum atomic E-state index is 12.4. The fraction of sp³-hybridized carbons (Fsp3) is 0.192. The first kappa shape index (κ1) is 21.1. The monoisotopic (exact) mass is 426 g/mol. The smallest absolute Gasteiger partial charge is 0.407 e. The van der Waals surface area contributed by atoms with Crippen LogP contribution in [-0.4, -0.2) is 24.7 Å². The van der Waals surface area contributed by atoms with Crippen molar-refractivity contribution in [1.29, 1.82) is 5.26 Å². The number of benzene rings is 3. The minimum absolute atomic E-state index is 0.0635. The number of carbonyl (C=O) groups excluding carboxylic acids is 2. The Morgan fingerprint density at radius 3 is 2.09 bits per heavy atom. The van der Waals surface area contributed by atoms with E-state index in [4.69, 9.17) is 14.7 Å². The lowest BCUT2D eigenvalue weighted by molar-refractivity contribution is -0.147. The van der Waals surface area contributed by atoms with Gasteiger partial charge in [0.2, 0.25) is 0 Å². The summed E-state index contributed by atoms with van der Waals surface area (Å²) in [6.45, 7) is 0.187. The van der Waals surface area contributed by atoms with E-state index in [1.807, 2.05) is 72.8 Å². The highest BCUT2D eigenvalue weighted by Crippen LogP contribution is 2.44. The van der Waals surface area contributed by atoms with E-state index >= 15 is 0 Å². The van der Waals surface area contributed by atoms with Crippen molar-refractivity contribution in [2.75, 3.05) is 6.61 Å². The topological polar surface area (TPSA) is 88.4 Å². The van der Waals surface area contributed by atoms with Crippen LogP contribution in [0.1, 0.15) is 29.0 Å². The Morgan fingerprint density at radius 1 is 0.875 bits per heavy atom. The van der Waals surface area contributed by atoms with E-state index in [2.05, 4.69) is 17.4 Å². The van der Waals surface area contributed by atoms with Crippen LogP contribution in [-0.2, 0) is 20.9 Å². The molecule has 0 bridgehead atoms. The summed E-state index contributed by atoms with van der Waals surface area (Å²) in [4.78, 5) is 24.8. The number of nitrogens with one attached hydrogen (secondary N) is 1. The lowest BCUT2D eigenvalue weighted by atomic mass is 9.98. The third-order valence-corrected chi connectivity index (χ3v) is 5.44. The molecule has 0 aromatic heterocycles. The maximum Gasteiger partial charge on any atom is 0.407 e. The third kappa shape index (κ3) is 4.62. The molecule has 32 heavy (non-hydrogen) atoms. The van der Waals surface area contributed by atoms with E-state index in [0.717, 1.165) is 27.8 Å². The van der Waals surface area contributed by atoms with Crippen LogP contribution < -0.4 is 5.32 Å². The van der Waals surface area contributed by atoms with Crippen LogP contribution >= 0.6 is 0 Å². The number of amides is 1. The Balaban J connectivity index is 1.37. The average Bonchev–Trinajstić information content (AvgIpc) is 3.15. The van der Waals surface area contributed by atoms with E-state index in [1.54, 1.807) is 0 Å². The zero-order chi connectivity index (χ0) is 22.3. The Kier molecular flexibility index (Phi) is 6.47. The Hall–Kier alpha value is -4.11. The number of ether oxygens (including phenoxy) is 2. The average molecular weight is 426 g/mol. The summed E-state index contributed by atoms with van der Waals surface area (Å²) in [6.07, 6.45) is -0.971. The highest BCUT2D eigenvalue weighted by molar-refractivity contribution is 5.82. The van der Waals surface area contributed by atoms with Crippen molar-refractivity contribution in [2.45, 2.75) is 25.0 Å². The number of carbonyl (C=O) groups is 2. The first-order chi connectivity index (χ1) is 15.7. The van der Waals surface area contributed by atoms with Gasteiger partial charge in [-0.1, -0.05) is 78.9 Å². The molecule has 0 radical (unpaired) electrons. The van der Waals surface area contributed by atoms with Gasteiger partial charge in [0.25, 0.3) is 0 Å². The van der Waals surface area contributed by atoms with Crippen molar-refractivity contribution in [3.05, 3.63) is 95.6 Å². The van der Waals surface area contributed by atoms with Gasteiger partial charge in [-0.15, -0.1) is 0 Å².